The fourth-order valence-electron chi connectivity index (χ4n) is 7.18. The van der Waals surface area contributed by atoms with Gasteiger partial charge in [0.05, 0.1) is 22.0 Å². The number of amides is 2. The molecule has 4 aliphatic carbocycles. The Bertz CT molecular complexity index is 1420. The lowest BCUT2D eigenvalue weighted by Gasteiger charge is -2.55. The Balaban J connectivity index is 1.06. The molecule has 6 nitrogen and oxygen atoms in total. The van der Waals surface area contributed by atoms with Crippen molar-refractivity contribution in [2.75, 3.05) is 10.6 Å². The summed E-state index contributed by atoms with van der Waals surface area (Å²) in [7, 11) is 0. The number of rotatable bonds is 5. The van der Waals surface area contributed by atoms with Crippen LogP contribution in [0.1, 0.15) is 48.9 Å². The van der Waals surface area contributed by atoms with Gasteiger partial charge in [-0.1, -0.05) is 0 Å². The van der Waals surface area contributed by atoms with Crippen molar-refractivity contribution in [3.8, 4) is 11.4 Å². The van der Waals surface area contributed by atoms with Crippen molar-refractivity contribution in [3.63, 3.8) is 0 Å². The number of aromatic nitrogens is 2. The summed E-state index contributed by atoms with van der Waals surface area (Å²) in [6, 6.07) is 15.4. The van der Waals surface area contributed by atoms with Crippen molar-refractivity contribution in [1.29, 1.82) is 0 Å². The number of imidazole rings is 1. The summed E-state index contributed by atoms with van der Waals surface area (Å²) < 4.78 is 0. The van der Waals surface area contributed by atoms with E-state index in [-0.39, 0.29) is 17.2 Å². The maximum absolute atomic E-state index is 13.4. The molecular formula is C29H28N4O2S. The second kappa shape index (κ2) is 8.30. The minimum Gasteiger partial charge on any atom is -0.338 e. The van der Waals surface area contributed by atoms with Gasteiger partial charge in [0, 0.05) is 22.3 Å². The molecule has 4 aromatic rings. The predicted octanol–water partition coefficient (Wildman–Crippen LogP) is 6.70. The molecule has 4 fully saturated rings. The molecular weight excluding hydrogens is 468 g/mol. The second-order valence-electron chi connectivity index (χ2n) is 11.0. The average molecular weight is 497 g/mol. The Morgan fingerprint density at radius 3 is 2.25 bits per heavy atom. The third kappa shape index (κ3) is 3.82. The van der Waals surface area contributed by atoms with Crippen LogP contribution in [-0.4, -0.2) is 21.8 Å². The Kier molecular flexibility index (Phi) is 5.03. The summed E-state index contributed by atoms with van der Waals surface area (Å²) in [5.74, 6) is 3.10. The molecule has 36 heavy (non-hydrogen) atoms. The third-order valence-corrected chi connectivity index (χ3v) is 9.14. The van der Waals surface area contributed by atoms with Crippen molar-refractivity contribution in [1.82, 2.24) is 9.97 Å². The average Bonchev–Trinajstić information content (AvgIpc) is 3.54. The number of H-pyrrole nitrogens is 1. The van der Waals surface area contributed by atoms with E-state index in [9.17, 15) is 9.59 Å². The first-order valence-corrected chi connectivity index (χ1v) is 13.7. The lowest BCUT2D eigenvalue weighted by Crippen LogP contribution is -2.51. The van der Waals surface area contributed by atoms with E-state index in [1.807, 2.05) is 59.3 Å². The highest BCUT2D eigenvalue weighted by atomic mass is 32.1. The molecule has 3 N–H and O–H groups in total. The lowest BCUT2D eigenvalue weighted by molar-refractivity contribution is -0.140. The molecule has 4 saturated carbocycles. The molecule has 8 rings (SSSR count). The van der Waals surface area contributed by atoms with Gasteiger partial charge in [-0.15, -0.1) is 0 Å². The van der Waals surface area contributed by atoms with Gasteiger partial charge in [-0.25, -0.2) is 4.98 Å². The molecule has 4 bridgehead atoms. The summed E-state index contributed by atoms with van der Waals surface area (Å²) in [6.45, 7) is 0. The smallest absolute Gasteiger partial charge is 0.256 e. The van der Waals surface area contributed by atoms with Gasteiger partial charge in [-0.3, -0.25) is 9.59 Å². The Morgan fingerprint density at radius 2 is 1.58 bits per heavy atom. The quantitative estimate of drug-likeness (QED) is 0.287. The van der Waals surface area contributed by atoms with Crippen molar-refractivity contribution in [3.05, 3.63) is 64.9 Å². The fraction of sp³-hybridized carbons (Fsp3) is 0.345. The Hall–Kier alpha value is -3.45. The summed E-state index contributed by atoms with van der Waals surface area (Å²) in [5.41, 5.74) is 4.70. The Labute approximate surface area is 213 Å². The van der Waals surface area contributed by atoms with Crippen molar-refractivity contribution in [2.45, 2.75) is 38.5 Å². The van der Waals surface area contributed by atoms with Gasteiger partial charge < -0.3 is 15.6 Å². The molecule has 2 amide bonds. The molecule has 2 heterocycles. The van der Waals surface area contributed by atoms with Crippen LogP contribution in [0.4, 0.5) is 11.4 Å². The van der Waals surface area contributed by atoms with Gasteiger partial charge in [0.1, 0.15) is 5.82 Å². The van der Waals surface area contributed by atoms with Crippen molar-refractivity contribution in [2.24, 2.45) is 23.2 Å². The first kappa shape index (κ1) is 21.8. The number of thiophene rings is 1. The van der Waals surface area contributed by atoms with Gasteiger partial charge in [-0.2, -0.15) is 11.3 Å². The number of nitrogens with one attached hydrogen (secondary N) is 3. The van der Waals surface area contributed by atoms with Gasteiger partial charge in [0.25, 0.3) is 5.91 Å². The number of carbonyl (C=O) groups excluding carboxylic acids is 2. The van der Waals surface area contributed by atoms with Crippen molar-refractivity contribution >= 4 is 45.6 Å². The topological polar surface area (TPSA) is 86.9 Å². The molecule has 182 valence electrons. The largest absolute Gasteiger partial charge is 0.338 e. The highest BCUT2D eigenvalue weighted by molar-refractivity contribution is 7.08. The van der Waals surface area contributed by atoms with Gasteiger partial charge in [0.15, 0.2) is 0 Å². The molecule has 0 saturated heterocycles. The zero-order valence-electron chi connectivity index (χ0n) is 19.9. The van der Waals surface area contributed by atoms with E-state index in [2.05, 4.69) is 15.6 Å². The highest BCUT2D eigenvalue weighted by Gasteiger charge is 2.54. The number of carbonyl (C=O) groups is 2. The standard InChI is InChI=1S/C29H28N4O2S/c34-27(21-7-8-36-16-21)30-23-5-6-24-25(12-23)33-26(32-24)20-1-3-22(4-2-20)31-28(35)29-13-17-9-18(14-29)11-19(10-17)15-29/h1-8,12,16-19H,9-11,13-15H2,(H,30,34)(H,31,35)(H,32,33). The minimum absolute atomic E-state index is 0.124. The zero-order valence-corrected chi connectivity index (χ0v) is 20.7. The fourth-order valence-corrected chi connectivity index (χ4v) is 7.82. The molecule has 0 aliphatic heterocycles. The summed E-state index contributed by atoms with van der Waals surface area (Å²) >= 11 is 1.50. The van der Waals surface area contributed by atoms with Crippen LogP contribution in [0.3, 0.4) is 0 Å². The normalized spacial score (nSPS) is 26.3. The number of nitrogens with zero attached hydrogens (tertiary/aromatic N) is 1. The van der Waals surface area contributed by atoms with Crippen LogP contribution in [0, 0.1) is 23.2 Å². The third-order valence-electron chi connectivity index (χ3n) is 8.46. The van der Waals surface area contributed by atoms with E-state index in [4.69, 9.17) is 4.98 Å². The molecule has 2 aromatic carbocycles. The summed E-state index contributed by atoms with van der Waals surface area (Å²) in [6.07, 6.45) is 7.20. The van der Waals surface area contributed by atoms with Crippen LogP contribution in [-0.2, 0) is 4.79 Å². The SMILES string of the molecule is O=C(Nc1ccc2nc(-c3ccc(NC(=O)C45CC6CC(CC(C6)C4)C5)cc3)[nH]c2c1)c1ccsc1. The molecule has 0 radical (unpaired) electrons. The maximum atomic E-state index is 13.4. The van der Waals surface area contributed by atoms with Crippen molar-refractivity contribution < 1.29 is 9.59 Å². The lowest BCUT2D eigenvalue weighted by atomic mass is 9.49. The highest BCUT2D eigenvalue weighted by Crippen LogP contribution is 2.60. The monoisotopic (exact) mass is 496 g/mol. The van der Waals surface area contributed by atoms with Crippen LogP contribution < -0.4 is 10.6 Å². The van der Waals surface area contributed by atoms with Gasteiger partial charge in [-0.05, 0) is 110 Å². The summed E-state index contributed by atoms with van der Waals surface area (Å²) in [4.78, 5) is 33.8. The molecule has 7 heteroatoms. The molecule has 4 aliphatic rings. The minimum atomic E-state index is -0.150. The predicted molar refractivity (Wildman–Crippen MR) is 143 cm³/mol. The van der Waals surface area contributed by atoms with Crippen LogP contribution in [0.25, 0.3) is 22.4 Å². The number of aromatic amines is 1. The van der Waals surface area contributed by atoms with Crippen LogP contribution in [0.2, 0.25) is 0 Å². The number of hydrogen-bond donors (Lipinski definition) is 3. The molecule has 0 spiro atoms. The van der Waals surface area contributed by atoms with Crippen LogP contribution >= 0.6 is 11.3 Å². The second-order valence-corrected chi connectivity index (χ2v) is 11.8. The number of anilines is 2. The molecule has 0 unspecified atom stereocenters. The van der Waals surface area contributed by atoms with Gasteiger partial charge in [0.2, 0.25) is 5.91 Å². The van der Waals surface area contributed by atoms with Crippen LogP contribution in [0.5, 0.6) is 0 Å². The Morgan fingerprint density at radius 1 is 0.889 bits per heavy atom. The van der Waals surface area contributed by atoms with E-state index in [1.165, 1.54) is 30.6 Å². The molecule has 2 aromatic heterocycles. The van der Waals surface area contributed by atoms with E-state index in [0.717, 1.165) is 70.8 Å². The first-order valence-electron chi connectivity index (χ1n) is 12.8. The van der Waals surface area contributed by atoms with E-state index in [1.54, 1.807) is 0 Å². The van der Waals surface area contributed by atoms with Gasteiger partial charge >= 0.3 is 0 Å². The zero-order chi connectivity index (χ0) is 24.3. The van der Waals surface area contributed by atoms with E-state index in [0.29, 0.717) is 5.56 Å². The number of benzene rings is 2. The maximum Gasteiger partial charge on any atom is 0.256 e. The number of fused-ring (bicyclic) bond motifs is 1. The van der Waals surface area contributed by atoms with E-state index < -0.39 is 0 Å². The molecule has 0 atom stereocenters. The van der Waals surface area contributed by atoms with Crippen LogP contribution in [0.15, 0.2) is 59.3 Å². The summed E-state index contributed by atoms with van der Waals surface area (Å²) in [5, 5.41) is 9.89. The number of hydrogen-bond acceptors (Lipinski definition) is 4. The first-order chi connectivity index (χ1) is 17.5. The van der Waals surface area contributed by atoms with E-state index >= 15 is 0 Å².